The van der Waals surface area contributed by atoms with E-state index in [-0.39, 0.29) is 18.2 Å². The molecular formula is C30H36ClNO5. The van der Waals surface area contributed by atoms with Crippen molar-refractivity contribution in [3.63, 3.8) is 0 Å². The normalized spacial score (nSPS) is 13.3. The summed E-state index contributed by atoms with van der Waals surface area (Å²) < 4.78 is 11.4. The van der Waals surface area contributed by atoms with E-state index >= 15 is 0 Å². The van der Waals surface area contributed by atoms with Gasteiger partial charge in [-0.2, -0.15) is 0 Å². The number of benzene rings is 3. The number of methoxy groups -OCH3 is 1. The van der Waals surface area contributed by atoms with Crippen molar-refractivity contribution in [2.75, 3.05) is 20.3 Å². The smallest absolute Gasteiger partial charge is 0.335 e. The van der Waals surface area contributed by atoms with E-state index in [9.17, 15) is 15.0 Å². The van der Waals surface area contributed by atoms with Crippen LogP contribution in [0.4, 0.5) is 0 Å². The van der Waals surface area contributed by atoms with Crippen LogP contribution in [-0.4, -0.2) is 48.1 Å². The topological polar surface area (TPSA) is 88.0 Å². The van der Waals surface area contributed by atoms with Gasteiger partial charge in [-0.25, -0.2) is 4.79 Å². The third-order valence-corrected chi connectivity index (χ3v) is 6.70. The Morgan fingerprint density at radius 3 is 2.51 bits per heavy atom. The summed E-state index contributed by atoms with van der Waals surface area (Å²) in [5, 5.41) is 24.0. The summed E-state index contributed by atoms with van der Waals surface area (Å²) in [6, 6.07) is 19.0. The van der Waals surface area contributed by atoms with Gasteiger partial charge in [0.15, 0.2) is 0 Å². The number of hydrogen-bond acceptors (Lipinski definition) is 5. The molecule has 0 saturated heterocycles. The van der Waals surface area contributed by atoms with E-state index in [1.165, 1.54) is 0 Å². The maximum atomic E-state index is 11.4. The monoisotopic (exact) mass is 525 g/mol. The van der Waals surface area contributed by atoms with Gasteiger partial charge in [-0.3, -0.25) is 0 Å². The first-order valence-corrected chi connectivity index (χ1v) is 12.7. The average Bonchev–Trinajstić information content (AvgIpc) is 2.86. The van der Waals surface area contributed by atoms with Crippen LogP contribution < -0.4 is 10.1 Å². The van der Waals surface area contributed by atoms with Gasteiger partial charge in [0.25, 0.3) is 0 Å². The molecule has 3 aromatic carbocycles. The van der Waals surface area contributed by atoms with Gasteiger partial charge in [0, 0.05) is 12.1 Å². The molecule has 0 fully saturated rings. The van der Waals surface area contributed by atoms with E-state index in [0.717, 1.165) is 28.7 Å². The Balaban J connectivity index is 1.59. The molecule has 0 radical (unpaired) electrons. The number of hydrogen-bond donors (Lipinski definition) is 3. The standard InChI is InChI=1S/C30H36ClNO5/c1-19-14-22(11-12-24(19)29(34)35)26-9-7-6-8-25(26)20(2)37-18-23(33)17-32-30(3,4)16-21-10-13-27(31)28(15-21)36-5/h6-15,20,23,32-33H,16-18H2,1-5H3,(H,34,35)/t20?,23-/m0/s1. The highest BCUT2D eigenvalue weighted by atomic mass is 35.5. The maximum absolute atomic E-state index is 11.4. The molecule has 6 nitrogen and oxygen atoms in total. The lowest BCUT2D eigenvalue weighted by Crippen LogP contribution is -2.46. The largest absolute Gasteiger partial charge is 0.495 e. The highest BCUT2D eigenvalue weighted by Gasteiger charge is 2.21. The molecule has 198 valence electrons. The maximum Gasteiger partial charge on any atom is 0.335 e. The molecule has 3 aromatic rings. The Kier molecular flexibility index (Phi) is 9.74. The molecule has 3 rings (SSSR count). The van der Waals surface area contributed by atoms with Crippen molar-refractivity contribution in [3.8, 4) is 16.9 Å². The first-order chi connectivity index (χ1) is 17.5. The highest BCUT2D eigenvalue weighted by molar-refractivity contribution is 6.32. The summed E-state index contributed by atoms with van der Waals surface area (Å²) in [5.41, 5.74) is 4.69. The fourth-order valence-corrected chi connectivity index (χ4v) is 4.57. The van der Waals surface area contributed by atoms with Crippen LogP contribution >= 0.6 is 11.6 Å². The van der Waals surface area contributed by atoms with Crippen LogP contribution in [0.3, 0.4) is 0 Å². The Bertz CT molecular complexity index is 1230. The molecule has 0 aromatic heterocycles. The predicted octanol–water partition coefficient (Wildman–Crippen LogP) is 6.07. The van der Waals surface area contributed by atoms with Gasteiger partial charge < -0.3 is 25.0 Å². The lowest BCUT2D eigenvalue weighted by Gasteiger charge is -2.28. The highest BCUT2D eigenvalue weighted by Crippen LogP contribution is 2.31. The summed E-state index contributed by atoms with van der Waals surface area (Å²) in [4.78, 5) is 11.4. The number of carboxylic acid groups (broad SMARTS) is 1. The van der Waals surface area contributed by atoms with E-state index in [4.69, 9.17) is 21.1 Å². The second-order valence-corrected chi connectivity index (χ2v) is 10.4. The minimum absolute atomic E-state index is 0.171. The Morgan fingerprint density at radius 1 is 1.11 bits per heavy atom. The van der Waals surface area contributed by atoms with Crippen LogP contribution in [0.15, 0.2) is 60.7 Å². The van der Waals surface area contributed by atoms with E-state index in [2.05, 4.69) is 19.2 Å². The van der Waals surface area contributed by atoms with Crippen molar-refractivity contribution in [3.05, 3.63) is 87.9 Å². The molecule has 0 aliphatic rings. The molecule has 0 heterocycles. The van der Waals surface area contributed by atoms with Gasteiger partial charge in [0.05, 0.1) is 36.5 Å². The van der Waals surface area contributed by atoms with Crippen molar-refractivity contribution in [2.24, 2.45) is 0 Å². The Morgan fingerprint density at radius 2 is 1.84 bits per heavy atom. The minimum Gasteiger partial charge on any atom is -0.495 e. The molecule has 0 aliphatic heterocycles. The number of nitrogens with one attached hydrogen (secondary N) is 1. The molecule has 7 heteroatoms. The van der Waals surface area contributed by atoms with E-state index in [1.807, 2.05) is 61.5 Å². The number of aryl methyl sites for hydroxylation is 1. The molecule has 3 N–H and O–H groups in total. The van der Waals surface area contributed by atoms with E-state index in [0.29, 0.717) is 28.4 Å². The zero-order chi connectivity index (χ0) is 27.2. The van der Waals surface area contributed by atoms with Crippen LogP contribution in [0.5, 0.6) is 5.75 Å². The quantitative estimate of drug-likeness (QED) is 0.266. The van der Waals surface area contributed by atoms with Crippen molar-refractivity contribution in [2.45, 2.75) is 51.9 Å². The van der Waals surface area contributed by atoms with Gasteiger partial charge in [-0.05, 0) is 80.1 Å². The molecule has 2 atom stereocenters. The molecule has 1 unspecified atom stereocenters. The number of halogens is 1. The van der Waals surface area contributed by atoms with Crippen molar-refractivity contribution in [1.82, 2.24) is 5.32 Å². The summed E-state index contributed by atoms with van der Waals surface area (Å²) in [6.45, 7) is 8.46. The molecule has 0 amide bonds. The predicted molar refractivity (Wildman–Crippen MR) is 148 cm³/mol. The summed E-state index contributed by atoms with van der Waals surface area (Å²) in [6.07, 6.45) is -0.219. The number of aliphatic hydroxyl groups excluding tert-OH is 1. The number of β-amino-alcohol motifs (C(OH)–C–C–N with tert-alkyl or cyclic N) is 1. The van der Waals surface area contributed by atoms with E-state index < -0.39 is 12.1 Å². The van der Waals surface area contributed by atoms with Crippen LogP contribution in [0.25, 0.3) is 11.1 Å². The third-order valence-electron chi connectivity index (χ3n) is 6.38. The molecule has 37 heavy (non-hydrogen) atoms. The SMILES string of the molecule is COc1cc(CC(C)(C)NC[C@H](O)COC(C)c2ccccc2-c2ccc(C(=O)O)c(C)c2)ccc1Cl. The summed E-state index contributed by atoms with van der Waals surface area (Å²) >= 11 is 6.13. The molecular weight excluding hydrogens is 490 g/mol. The molecule has 0 spiro atoms. The average molecular weight is 526 g/mol. The number of rotatable bonds is 12. The molecule has 0 bridgehead atoms. The van der Waals surface area contributed by atoms with Gasteiger partial charge in [0.1, 0.15) is 5.75 Å². The number of carboxylic acids is 1. The minimum atomic E-state index is -0.937. The van der Waals surface area contributed by atoms with Crippen molar-refractivity contribution < 1.29 is 24.5 Å². The molecule has 0 saturated carbocycles. The lowest BCUT2D eigenvalue weighted by molar-refractivity contribution is -0.00397. The second-order valence-electron chi connectivity index (χ2n) is 9.96. The Hall–Kier alpha value is -2.90. The van der Waals surface area contributed by atoms with Crippen LogP contribution in [0, 0.1) is 6.92 Å². The zero-order valence-corrected chi connectivity index (χ0v) is 22.8. The number of aromatic carboxylic acids is 1. The van der Waals surface area contributed by atoms with Crippen molar-refractivity contribution in [1.29, 1.82) is 0 Å². The lowest BCUT2D eigenvalue weighted by atomic mass is 9.94. The van der Waals surface area contributed by atoms with Gasteiger partial charge >= 0.3 is 5.97 Å². The van der Waals surface area contributed by atoms with E-state index in [1.54, 1.807) is 20.1 Å². The Labute approximate surface area is 224 Å². The fraction of sp³-hybridized carbons (Fsp3) is 0.367. The number of carbonyl (C=O) groups is 1. The first kappa shape index (κ1) is 28.7. The van der Waals surface area contributed by atoms with Crippen LogP contribution in [0.2, 0.25) is 5.02 Å². The summed E-state index contributed by atoms with van der Waals surface area (Å²) in [7, 11) is 1.60. The number of ether oxygens (including phenoxy) is 2. The third kappa shape index (κ3) is 7.79. The van der Waals surface area contributed by atoms with Crippen molar-refractivity contribution >= 4 is 17.6 Å². The first-order valence-electron chi connectivity index (χ1n) is 12.3. The number of aliphatic hydroxyl groups is 1. The van der Waals surface area contributed by atoms with Crippen LogP contribution in [-0.2, 0) is 11.2 Å². The summed E-state index contributed by atoms with van der Waals surface area (Å²) in [5.74, 6) is -0.293. The van der Waals surface area contributed by atoms with Crippen LogP contribution in [0.1, 0.15) is 53.9 Å². The second kappa shape index (κ2) is 12.6. The van der Waals surface area contributed by atoms with Gasteiger partial charge in [-0.1, -0.05) is 54.1 Å². The zero-order valence-electron chi connectivity index (χ0n) is 22.0. The molecule has 0 aliphatic carbocycles. The van der Waals surface area contributed by atoms with Gasteiger partial charge in [0.2, 0.25) is 0 Å². The fourth-order valence-electron chi connectivity index (χ4n) is 4.37. The van der Waals surface area contributed by atoms with Gasteiger partial charge in [-0.15, -0.1) is 0 Å².